The zero-order chi connectivity index (χ0) is 16.4. The predicted molar refractivity (Wildman–Crippen MR) is 90.1 cm³/mol. The van der Waals surface area contributed by atoms with Gasteiger partial charge in [0, 0.05) is 36.8 Å². The van der Waals surface area contributed by atoms with Gasteiger partial charge in [-0.25, -0.2) is 0 Å². The number of hydrogen-bond donors (Lipinski definition) is 1. The Balaban J connectivity index is 1.67. The van der Waals surface area contributed by atoms with Crippen molar-refractivity contribution in [1.82, 2.24) is 9.80 Å². The molecule has 4 heteroatoms. The lowest BCUT2D eigenvalue weighted by molar-refractivity contribution is 0.0571. The van der Waals surface area contributed by atoms with Crippen LogP contribution in [0, 0.1) is 11.8 Å². The van der Waals surface area contributed by atoms with Crippen LogP contribution >= 0.6 is 0 Å². The third kappa shape index (κ3) is 3.93. The van der Waals surface area contributed by atoms with Crippen LogP contribution in [-0.2, 0) is 0 Å². The first-order valence-corrected chi connectivity index (χ1v) is 8.31. The summed E-state index contributed by atoms with van der Waals surface area (Å²) >= 11 is 0. The number of hydrogen-bond acceptors (Lipinski definition) is 3. The maximum Gasteiger partial charge on any atom is 0.253 e. The summed E-state index contributed by atoms with van der Waals surface area (Å²) in [4.78, 5) is 17.1. The van der Waals surface area contributed by atoms with Gasteiger partial charge < -0.3 is 10.0 Å². The van der Waals surface area contributed by atoms with Crippen molar-refractivity contribution in [3.05, 3.63) is 35.4 Å². The van der Waals surface area contributed by atoms with Gasteiger partial charge in [0.25, 0.3) is 5.91 Å². The highest BCUT2D eigenvalue weighted by molar-refractivity contribution is 5.94. The van der Waals surface area contributed by atoms with Crippen molar-refractivity contribution in [2.75, 3.05) is 26.2 Å². The molecule has 1 aromatic rings. The van der Waals surface area contributed by atoms with E-state index < -0.39 is 5.60 Å². The Morgan fingerprint density at radius 3 is 2.65 bits per heavy atom. The SMILES string of the molecule is CC(C)(O)C#Cc1ccc(C(=O)N2CCN3CCC[C@@H]3C2)cc1. The second kappa shape index (κ2) is 6.35. The van der Waals surface area contributed by atoms with E-state index in [0.717, 1.165) is 25.2 Å². The number of benzene rings is 1. The molecule has 2 aliphatic heterocycles. The fraction of sp³-hybridized carbons (Fsp3) is 0.526. The molecule has 1 N–H and O–H groups in total. The van der Waals surface area contributed by atoms with Crippen LogP contribution in [0.15, 0.2) is 24.3 Å². The summed E-state index contributed by atoms with van der Waals surface area (Å²) in [7, 11) is 0. The van der Waals surface area contributed by atoms with Crippen molar-refractivity contribution >= 4 is 5.91 Å². The third-order valence-corrected chi connectivity index (χ3v) is 4.52. The summed E-state index contributed by atoms with van der Waals surface area (Å²) in [6.45, 7) is 7.14. The second-order valence-electron chi connectivity index (χ2n) is 6.97. The number of amides is 1. The van der Waals surface area contributed by atoms with Gasteiger partial charge in [-0.2, -0.15) is 0 Å². The summed E-state index contributed by atoms with van der Waals surface area (Å²) in [6.07, 6.45) is 2.45. The fourth-order valence-electron chi connectivity index (χ4n) is 3.28. The van der Waals surface area contributed by atoms with E-state index >= 15 is 0 Å². The second-order valence-corrected chi connectivity index (χ2v) is 6.97. The minimum atomic E-state index is -1.00. The quantitative estimate of drug-likeness (QED) is 0.803. The molecule has 0 saturated carbocycles. The van der Waals surface area contributed by atoms with Crippen LogP contribution < -0.4 is 0 Å². The summed E-state index contributed by atoms with van der Waals surface area (Å²) in [5.41, 5.74) is 0.518. The first-order chi connectivity index (χ1) is 10.9. The van der Waals surface area contributed by atoms with Crippen molar-refractivity contribution < 1.29 is 9.90 Å². The van der Waals surface area contributed by atoms with E-state index in [9.17, 15) is 9.90 Å². The van der Waals surface area contributed by atoms with Crippen LogP contribution in [-0.4, -0.2) is 58.6 Å². The Morgan fingerprint density at radius 1 is 1.22 bits per heavy atom. The van der Waals surface area contributed by atoms with Crippen LogP contribution in [0.25, 0.3) is 0 Å². The molecule has 1 amide bonds. The molecule has 2 aliphatic rings. The van der Waals surface area contributed by atoms with Crippen LogP contribution in [0.4, 0.5) is 0 Å². The lowest BCUT2D eigenvalue weighted by Gasteiger charge is -2.37. The average molecular weight is 312 g/mol. The molecule has 1 aromatic carbocycles. The first kappa shape index (κ1) is 16.0. The Labute approximate surface area is 138 Å². The standard InChI is InChI=1S/C19H24N2O2/c1-19(2,23)10-9-15-5-7-16(8-6-15)18(22)21-13-12-20-11-3-4-17(20)14-21/h5-8,17,23H,3-4,11-14H2,1-2H3/t17-/m1/s1. The van der Waals surface area contributed by atoms with Gasteiger partial charge in [-0.1, -0.05) is 11.8 Å². The third-order valence-electron chi connectivity index (χ3n) is 4.52. The minimum Gasteiger partial charge on any atom is -0.378 e. The average Bonchev–Trinajstić information content (AvgIpc) is 2.99. The zero-order valence-electron chi connectivity index (χ0n) is 13.9. The summed E-state index contributed by atoms with van der Waals surface area (Å²) < 4.78 is 0. The Hall–Kier alpha value is -1.83. The number of aliphatic hydroxyl groups is 1. The summed E-state index contributed by atoms with van der Waals surface area (Å²) in [6, 6.07) is 7.90. The van der Waals surface area contributed by atoms with Crippen molar-refractivity contribution in [1.29, 1.82) is 0 Å². The van der Waals surface area contributed by atoms with E-state index in [-0.39, 0.29) is 5.91 Å². The van der Waals surface area contributed by atoms with E-state index in [2.05, 4.69) is 16.7 Å². The van der Waals surface area contributed by atoms with Crippen LogP contribution in [0.5, 0.6) is 0 Å². The molecular formula is C19H24N2O2. The van der Waals surface area contributed by atoms with Crippen molar-refractivity contribution in [2.24, 2.45) is 0 Å². The molecule has 2 heterocycles. The molecule has 2 fully saturated rings. The largest absolute Gasteiger partial charge is 0.378 e. The highest BCUT2D eigenvalue weighted by atomic mass is 16.3. The van der Waals surface area contributed by atoms with Crippen molar-refractivity contribution in [2.45, 2.75) is 38.3 Å². The molecule has 0 spiro atoms. The van der Waals surface area contributed by atoms with Gasteiger partial charge in [-0.3, -0.25) is 9.69 Å². The molecule has 3 rings (SSSR count). The Bertz CT molecular complexity index is 634. The molecule has 0 radical (unpaired) electrons. The smallest absolute Gasteiger partial charge is 0.253 e. The topological polar surface area (TPSA) is 43.8 Å². The molecule has 122 valence electrons. The van der Waals surface area contributed by atoms with E-state index in [0.29, 0.717) is 11.6 Å². The van der Waals surface area contributed by atoms with Crippen LogP contribution in [0.2, 0.25) is 0 Å². The molecule has 23 heavy (non-hydrogen) atoms. The van der Waals surface area contributed by atoms with Crippen molar-refractivity contribution in [3.63, 3.8) is 0 Å². The van der Waals surface area contributed by atoms with Gasteiger partial charge in [0.2, 0.25) is 0 Å². The fourth-order valence-corrected chi connectivity index (χ4v) is 3.28. The predicted octanol–water partition coefficient (Wildman–Crippen LogP) is 1.73. The normalized spacial score (nSPS) is 21.5. The van der Waals surface area contributed by atoms with Gasteiger partial charge in [-0.05, 0) is 57.5 Å². The summed E-state index contributed by atoms with van der Waals surface area (Å²) in [5.74, 6) is 5.82. The van der Waals surface area contributed by atoms with Gasteiger partial charge in [0.05, 0.1) is 0 Å². The number of carbonyl (C=O) groups is 1. The van der Waals surface area contributed by atoms with E-state index in [1.165, 1.54) is 19.4 Å². The van der Waals surface area contributed by atoms with E-state index in [1.807, 2.05) is 29.2 Å². The number of rotatable bonds is 1. The molecule has 0 aromatic heterocycles. The van der Waals surface area contributed by atoms with Gasteiger partial charge in [0.15, 0.2) is 0 Å². The van der Waals surface area contributed by atoms with E-state index in [1.54, 1.807) is 13.8 Å². The first-order valence-electron chi connectivity index (χ1n) is 8.31. The highest BCUT2D eigenvalue weighted by Crippen LogP contribution is 2.22. The number of fused-ring (bicyclic) bond motifs is 1. The Morgan fingerprint density at radius 2 is 1.96 bits per heavy atom. The maximum absolute atomic E-state index is 12.6. The van der Waals surface area contributed by atoms with Gasteiger partial charge in [0.1, 0.15) is 5.60 Å². The molecule has 2 saturated heterocycles. The summed E-state index contributed by atoms with van der Waals surface area (Å²) in [5, 5.41) is 9.63. The van der Waals surface area contributed by atoms with Crippen molar-refractivity contribution in [3.8, 4) is 11.8 Å². The van der Waals surface area contributed by atoms with Gasteiger partial charge >= 0.3 is 0 Å². The molecule has 0 bridgehead atoms. The molecule has 0 unspecified atom stereocenters. The minimum absolute atomic E-state index is 0.110. The lowest BCUT2D eigenvalue weighted by atomic mass is 10.1. The zero-order valence-corrected chi connectivity index (χ0v) is 13.9. The van der Waals surface area contributed by atoms with Crippen LogP contribution in [0.1, 0.15) is 42.6 Å². The molecule has 4 nitrogen and oxygen atoms in total. The number of nitrogens with zero attached hydrogens (tertiary/aromatic N) is 2. The number of carbonyl (C=O) groups excluding carboxylic acids is 1. The monoisotopic (exact) mass is 312 g/mol. The van der Waals surface area contributed by atoms with E-state index in [4.69, 9.17) is 0 Å². The maximum atomic E-state index is 12.6. The molecule has 0 aliphatic carbocycles. The van der Waals surface area contributed by atoms with Crippen LogP contribution in [0.3, 0.4) is 0 Å². The number of piperazine rings is 1. The lowest BCUT2D eigenvalue weighted by Crippen LogP contribution is -2.52. The molecule has 1 atom stereocenters. The highest BCUT2D eigenvalue weighted by Gasteiger charge is 2.32. The van der Waals surface area contributed by atoms with Gasteiger partial charge in [-0.15, -0.1) is 0 Å². The Kier molecular flexibility index (Phi) is 4.43. The molecular weight excluding hydrogens is 288 g/mol.